The van der Waals surface area contributed by atoms with Crippen LogP contribution in [0.25, 0.3) is 0 Å². The fourth-order valence-electron chi connectivity index (χ4n) is 2.44. The highest BCUT2D eigenvalue weighted by Gasteiger charge is 2.32. The predicted octanol–water partition coefficient (Wildman–Crippen LogP) is 2.28. The summed E-state index contributed by atoms with van der Waals surface area (Å²) in [6, 6.07) is 4.91. The van der Waals surface area contributed by atoms with E-state index in [0.29, 0.717) is 17.9 Å². The molecule has 0 aromatic heterocycles. The van der Waals surface area contributed by atoms with Crippen molar-refractivity contribution in [1.29, 1.82) is 0 Å². The second-order valence-electron chi connectivity index (χ2n) is 4.79. The Kier molecular flexibility index (Phi) is 4.56. The molecule has 2 rings (SSSR count). The molecule has 0 saturated carbocycles. The number of nitrogens with two attached hydrogens (primary N) is 1. The molecule has 1 saturated heterocycles. The van der Waals surface area contributed by atoms with Crippen LogP contribution in [0.4, 0.5) is 4.39 Å². The molecule has 0 amide bonds. The Morgan fingerprint density at radius 1 is 1.61 bits per heavy atom. The summed E-state index contributed by atoms with van der Waals surface area (Å²) in [5, 5.41) is 0.142. The Balaban J connectivity index is 2.12. The minimum absolute atomic E-state index is 0.0216. The lowest BCUT2D eigenvalue weighted by Crippen LogP contribution is -2.47. The van der Waals surface area contributed by atoms with E-state index in [1.807, 2.05) is 0 Å². The molecule has 1 aliphatic heterocycles. The van der Waals surface area contributed by atoms with Crippen LogP contribution in [0.5, 0.6) is 0 Å². The quantitative estimate of drug-likeness (QED) is 0.653. The third-order valence-electron chi connectivity index (χ3n) is 3.53. The monoisotopic (exact) mass is 272 g/mol. The van der Waals surface area contributed by atoms with E-state index in [0.717, 1.165) is 13.0 Å². The smallest absolute Gasteiger partial charge is 0.145 e. The molecule has 1 aromatic carbocycles. The third-order valence-corrected chi connectivity index (χ3v) is 3.82. The van der Waals surface area contributed by atoms with E-state index in [1.165, 1.54) is 0 Å². The molecule has 3 unspecified atom stereocenters. The second kappa shape index (κ2) is 5.97. The zero-order valence-electron chi connectivity index (χ0n) is 10.3. The lowest BCUT2D eigenvalue weighted by molar-refractivity contribution is 0.0608. The van der Waals surface area contributed by atoms with Crippen molar-refractivity contribution in [3.05, 3.63) is 34.6 Å². The number of halogens is 2. The summed E-state index contributed by atoms with van der Waals surface area (Å²) in [4.78, 5) is 0. The van der Waals surface area contributed by atoms with Gasteiger partial charge in [-0.05, 0) is 30.4 Å². The Hall–Kier alpha value is -0.680. The van der Waals surface area contributed by atoms with Gasteiger partial charge in [0, 0.05) is 6.61 Å². The van der Waals surface area contributed by atoms with Crippen molar-refractivity contribution in [3.63, 3.8) is 0 Å². The molecule has 3 N–H and O–H groups in total. The molecule has 18 heavy (non-hydrogen) atoms. The topological polar surface area (TPSA) is 47.3 Å². The highest BCUT2D eigenvalue weighted by Crippen LogP contribution is 2.26. The maximum atomic E-state index is 13.8. The van der Waals surface area contributed by atoms with Gasteiger partial charge in [-0.2, -0.15) is 0 Å². The molecule has 100 valence electrons. The van der Waals surface area contributed by atoms with Crippen LogP contribution in [0, 0.1) is 11.7 Å². The van der Waals surface area contributed by atoms with Crippen molar-refractivity contribution in [2.45, 2.75) is 31.9 Å². The van der Waals surface area contributed by atoms with Gasteiger partial charge in [0.2, 0.25) is 0 Å². The number of rotatable bonds is 4. The van der Waals surface area contributed by atoms with Gasteiger partial charge in [0.05, 0.1) is 17.2 Å². The van der Waals surface area contributed by atoms with Crippen molar-refractivity contribution in [3.8, 4) is 0 Å². The molecular weight excluding hydrogens is 255 g/mol. The molecule has 3 nitrogen and oxygen atoms in total. The fourth-order valence-corrected chi connectivity index (χ4v) is 2.64. The van der Waals surface area contributed by atoms with E-state index in [4.69, 9.17) is 22.2 Å². The van der Waals surface area contributed by atoms with E-state index in [-0.39, 0.29) is 23.0 Å². The summed E-state index contributed by atoms with van der Waals surface area (Å²) in [5.74, 6) is 5.62. The van der Waals surface area contributed by atoms with Gasteiger partial charge in [0.1, 0.15) is 5.82 Å². The van der Waals surface area contributed by atoms with Gasteiger partial charge in [-0.15, -0.1) is 0 Å². The van der Waals surface area contributed by atoms with E-state index >= 15 is 0 Å². The first kappa shape index (κ1) is 13.7. The molecule has 3 atom stereocenters. The van der Waals surface area contributed by atoms with Crippen LogP contribution in [0.2, 0.25) is 5.02 Å². The highest BCUT2D eigenvalue weighted by molar-refractivity contribution is 6.30. The van der Waals surface area contributed by atoms with Crippen LogP contribution in [0.15, 0.2) is 18.2 Å². The Bertz CT molecular complexity index is 416. The van der Waals surface area contributed by atoms with Crippen LogP contribution in [-0.4, -0.2) is 18.8 Å². The van der Waals surface area contributed by atoms with Crippen LogP contribution in [0.3, 0.4) is 0 Å². The van der Waals surface area contributed by atoms with E-state index in [1.54, 1.807) is 18.2 Å². The Morgan fingerprint density at radius 3 is 3.00 bits per heavy atom. The van der Waals surface area contributed by atoms with Crippen molar-refractivity contribution in [2.75, 3.05) is 6.61 Å². The number of hydrogen-bond donors (Lipinski definition) is 2. The first-order chi connectivity index (χ1) is 8.63. The number of nitrogens with one attached hydrogen (secondary N) is 1. The highest BCUT2D eigenvalue weighted by atomic mass is 35.5. The van der Waals surface area contributed by atoms with Crippen LogP contribution < -0.4 is 11.3 Å². The minimum Gasteiger partial charge on any atom is -0.376 e. The lowest BCUT2D eigenvalue weighted by Gasteiger charge is -2.25. The third kappa shape index (κ3) is 2.83. The zero-order chi connectivity index (χ0) is 13.1. The largest absolute Gasteiger partial charge is 0.376 e. The number of ether oxygens (including phenoxy) is 1. The summed E-state index contributed by atoms with van der Waals surface area (Å²) in [5.41, 5.74) is 3.30. The summed E-state index contributed by atoms with van der Waals surface area (Å²) in [6.07, 6.45) is 1.51. The molecule has 1 heterocycles. The van der Waals surface area contributed by atoms with Crippen LogP contribution in [0.1, 0.15) is 18.9 Å². The zero-order valence-corrected chi connectivity index (χ0v) is 11.1. The Morgan fingerprint density at radius 2 is 2.39 bits per heavy atom. The first-order valence-corrected chi connectivity index (χ1v) is 6.52. The van der Waals surface area contributed by atoms with Gasteiger partial charge in [-0.25, -0.2) is 4.39 Å². The maximum absolute atomic E-state index is 13.8. The van der Waals surface area contributed by atoms with E-state index < -0.39 is 0 Å². The molecule has 0 spiro atoms. The molecule has 1 fully saturated rings. The lowest BCUT2D eigenvalue weighted by atomic mass is 9.93. The molecule has 0 bridgehead atoms. The minimum atomic E-state index is -0.370. The standard InChI is InChI=1S/C13H18ClFN2O/c1-8-5-6-18-13(8)11(17-16)7-9-3-2-4-10(14)12(9)15/h2-4,8,11,13,17H,5-7,16H2,1H3. The van der Waals surface area contributed by atoms with Crippen molar-refractivity contribution in [2.24, 2.45) is 11.8 Å². The normalized spacial score (nSPS) is 25.3. The summed E-state index contributed by atoms with van der Waals surface area (Å²) < 4.78 is 19.5. The van der Waals surface area contributed by atoms with Gasteiger partial charge in [-0.3, -0.25) is 11.3 Å². The summed E-state index contributed by atoms with van der Waals surface area (Å²) in [6.45, 7) is 2.86. The molecule has 1 aliphatic rings. The van der Waals surface area contributed by atoms with Crippen molar-refractivity contribution in [1.82, 2.24) is 5.43 Å². The van der Waals surface area contributed by atoms with Gasteiger partial charge in [0.15, 0.2) is 0 Å². The molecule has 5 heteroatoms. The summed E-state index contributed by atoms with van der Waals surface area (Å²) in [7, 11) is 0. The van der Waals surface area contributed by atoms with Crippen LogP contribution in [-0.2, 0) is 11.2 Å². The fraction of sp³-hybridized carbons (Fsp3) is 0.538. The number of hydrazine groups is 1. The average Bonchev–Trinajstić information content (AvgIpc) is 2.77. The SMILES string of the molecule is CC1CCOC1C(Cc1cccc(Cl)c1F)NN. The van der Waals surface area contributed by atoms with E-state index in [2.05, 4.69) is 12.3 Å². The first-order valence-electron chi connectivity index (χ1n) is 6.14. The molecular formula is C13H18ClFN2O. The Labute approximate surface area is 111 Å². The van der Waals surface area contributed by atoms with Gasteiger partial charge in [-0.1, -0.05) is 30.7 Å². The number of benzene rings is 1. The van der Waals surface area contributed by atoms with Gasteiger partial charge in [0.25, 0.3) is 0 Å². The van der Waals surface area contributed by atoms with Crippen molar-refractivity contribution < 1.29 is 9.13 Å². The van der Waals surface area contributed by atoms with Gasteiger partial charge >= 0.3 is 0 Å². The average molecular weight is 273 g/mol. The van der Waals surface area contributed by atoms with E-state index in [9.17, 15) is 4.39 Å². The second-order valence-corrected chi connectivity index (χ2v) is 5.20. The molecule has 0 radical (unpaired) electrons. The number of hydrogen-bond acceptors (Lipinski definition) is 3. The predicted molar refractivity (Wildman–Crippen MR) is 69.7 cm³/mol. The van der Waals surface area contributed by atoms with Crippen molar-refractivity contribution >= 4 is 11.6 Å². The summed E-state index contributed by atoms with van der Waals surface area (Å²) >= 11 is 5.77. The van der Waals surface area contributed by atoms with Crippen LogP contribution >= 0.6 is 11.6 Å². The van der Waals surface area contributed by atoms with Gasteiger partial charge < -0.3 is 4.74 Å². The molecule has 1 aromatic rings. The maximum Gasteiger partial charge on any atom is 0.145 e. The molecule has 0 aliphatic carbocycles.